The van der Waals surface area contributed by atoms with E-state index in [9.17, 15) is 5.11 Å². The first-order valence-electron chi connectivity index (χ1n) is 8.40. The summed E-state index contributed by atoms with van der Waals surface area (Å²) in [6.45, 7) is 1.85. The number of anilines is 1. The average Bonchev–Trinajstić information content (AvgIpc) is 2.85. The van der Waals surface area contributed by atoms with Crippen molar-refractivity contribution in [3.05, 3.63) is 52.5 Å². The fourth-order valence-corrected chi connectivity index (χ4v) is 3.03. The van der Waals surface area contributed by atoms with E-state index in [1.165, 1.54) is 0 Å². The van der Waals surface area contributed by atoms with E-state index >= 15 is 0 Å². The van der Waals surface area contributed by atoms with Crippen molar-refractivity contribution in [2.24, 2.45) is 0 Å². The molecule has 3 N–H and O–H groups in total. The van der Waals surface area contributed by atoms with E-state index in [0.717, 1.165) is 48.3 Å². The molecule has 7 heteroatoms. The third-order valence-electron chi connectivity index (χ3n) is 3.97. The van der Waals surface area contributed by atoms with Crippen LogP contribution in [0.4, 0.5) is 5.82 Å². The van der Waals surface area contributed by atoms with Crippen LogP contribution in [0, 0.1) is 0 Å². The van der Waals surface area contributed by atoms with Crippen molar-refractivity contribution in [1.82, 2.24) is 19.9 Å². The molecule has 1 aliphatic rings. The molecule has 0 saturated heterocycles. The van der Waals surface area contributed by atoms with Gasteiger partial charge in [-0.15, -0.1) is 0 Å². The zero-order chi connectivity index (χ0) is 17.6. The van der Waals surface area contributed by atoms with Crippen molar-refractivity contribution in [2.45, 2.75) is 19.3 Å². The van der Waals surface area contributed by atoms with Crippen LogP contribution >= 0.6 is 15.9 Å². The lowest BCUT2D eigenvalue weighted by Crippen LogP contribution is -2.12. The molecule has 2 aromatic heterocycles. The number of aliphatic hydroxyl groups is 1. The van der Waals surface area contributed by atoms with Gasteiger partial charge in [-0.05, 0) is 54.9 Å². The molecule has 0 radical (unpaired) electrons. The number of nitrogens with zero attached hydrogens (tertiary/aromatic N) is 3. The highest BCUT2D eigenvalue weighted by atomic mass is 79.9. The average molecular weight is 404 g/mol. The normalized spacial score (nSPS) is 14.3. The minimum atomic E-state index is 0.223. The second kappa shape index (κ2) is 8.31. The molecule has 132 valence electrons. The summed E-state index contributed by atoms with van der Waals surface area (Å²) in [5.74, 6) is 1.08. The molecule has 2 aromatic rings. The quantitative estimate of drug-likeness (QED) is 0.614. The molecule has 6 nitrogen and oxygen atoms in total. The Morgan fingerprint density at radius 1 is 1.24 bits per heavy atom. The van der Waals surface area contributed by atoms with Crippen molar-refractivity contribution in [2.75, 3.05) is 25.5 Å². The van der Waals surface area contributed by atoms with Gasteiger partial charge >= 0.3 is 0 Å². The number of aromatic nitrogens is 3. The molecule has 25 heavy (non-hydrogen) atoms. The van der Waals surface area contributed by atoms with E-state index in [1.807, 2.05) is 31.3 Å². The van der Waals surface area contributed by atoms with Crippen LogP contribution < -0.4 is 10.6 Å². The Hall–Kier alpha value is -2.12. The number of nitrogens with one attached hydrogen (secondary N) is 2. The molecule has 1 aliphatic carbocycles. The zero-order valence-corrected chi connectivity index (χ0v) is 15.8. The first kappa shape index (κ1) is 17.7. The molecular formula is C18H22BrN5O. The van der Waals surface area contributed by atoms with Crippen LogP contribution in [-0.4, -0.2) is 39.8 Å². The van der Waals surface area contributed by atoms with Gasteiger partial charge in [0.2, 0.25) is 0 Å². The number of hydrogen-bond donors (Lipinski definition) is 3. The molecule has 0 spiro atoms. The minimum Gasteiger partial charge on any atom is -0.507 e. The standard InChI is InChI=1S/C18H22BrN5O/c1-20-9-5-6-10-21-17-11-15(13-7-3-2-4-8-16(13)25)23-18-14(19)12-22-24(17)18/h3-4,7-8,11-12,20-21,25H,2,5-6,9-10H2,1H3. The molecule has 3 rings (SSSR count). The summed E-state index contributed by atoms with van der Waals surface area (Å²) in [4.78, 5) is 4.67. The van der Waals surface area contributed by atoms with E-state index in [-0.39, 0.29) is 5.76 Å². The molecular weight excluding hydrogens is 382 g/mol. The molecule has 0 unspecified atom stereocenters. The smallest absolute Gasteiger partial charge is 0.172 e. The molecule has 0 aromatic carbocycles. The van der Waals surface area contributed by atoms with Crippen LogP contribution in [0.5, 0.6) is 0 Å². The molecule has 2 heterocycles. The fourth-order valence-electron chi connectivity index (χ4n) is 2.68. The van der Waals surface area contributed by atoms with Crippen molar-refractivity contribution < 1.29 is 5.11 Å². The summed E-state index contributed by atoms with van der Waals surface area (Å²) >= 11 is 3.50. The highest BCUT2D eigenvalue weighted by molar-refractivity contribution is 9.10. The van der Waals surface area contributed by atoms with Gasteiger partial charge in [-0.25, -0.2) is 4.98 Å². The summed E-state index contributed by atoms with van der Waals surface area (Å²) in [6, 6.07) is 1.93. The zero-order valence-electron chi connectivity index (χ0n) is 14.2. The van der Waals surface area contributed by atoms with Gasteiger partial charge in [0.25, 0.3) is 0 Å². The van der Waals surface area contributed by atoms with Crippen molar-refractivity contribution in [3.63, 3.8) is 0 Å². The van der Waals surface area contributed by atoms with Gasteiger partial charge in [-0.2, -0.15) is 9.61 Å². The lowest BCUT2D eigenvalue weighted by Gasteiger charge is -2.11. The third-order valence-corrected chi connectivity index (χ3v) is 4.53. The lowest BCUT2D eigenvalue weighted by molar-refractivity contribution is 0.435. The van der Waals surface area contributed by atoms with Crippen LogP contribution in [0.25, 0.3) is 11.2 Å². The Kier molecular flexibility index (Phi) is 5.88. The van der Waals surface area contributed by atoms with Crippen molar-refractivity contribution in [3.8, 4) is 0 Å². The maximum atomic E-state index is 10.3. The van der Waals surface area contributed by atoms with E-state index in [2.05, 4.69) is 36.6 Å². The SMILES string of the molecule is CNCCCCNc1cc(C2=C(O)C=CCC=C2)nc2c(Br)cnn12. The summed E-state index contributed by atoms with van der Waals surface area (Å²) in [6.07, 6.45) is 12.3. The van der Waals surface area contributed by atoms with Gasteiger partial charge in [-0.1, -0.05) is 18.2 Å². The highest BCUT2D eigenvalue weighted by Gasteiger charge is 2.14. The number of rotatable bonds is 7. The third kappa shape index (κ3) is 4.11. The molecule has 0 saturated carbocycles. The van der Waals surface area contributed by atoms with Crippen molar-refractivity contribution >= 4 is 33.0 Å². The number of allylic oxidation sites excluding steroid dienone is 5. The van der Waals surface area contributed by atoms with Gasteiger partial charge < -0.3 is 15.7 Å². The van der Waals surface area contributed by atoms with E-state index in [4.69, 9.17) is 0 Å². The van der Waals surface area contributed by atoms with Gasteiger partial charge in [0, 0.05) is 18.2 Å². The second-order valence-electron chi connectivity index (χ2n) is 5.83. The Bertz CT molecular complexity index is 837. The number of aliphatic hydroxyl groups excluding tert-OH is 1. The Morgan fingerprint density at radius 2 is 2.04 bits per heavy atom. The maximum absolute atomic E-state index is 10.3. The summed E-state index contributed by atoms with van der Waals surface area (Å²) in [5.41, 5.74) is 2.14. The van der Waals surface area contributed by atoms with Crippen LogP contribution in [0.15, 0.2) is 46.8 Å². The van der Waals surface area contributed by atoms with Crippen molar-refractivity contribution in [1.29, 1.82) is 0 Å². The highest BCUT2D eigenvalue weighted by Crippen LogP contribution is 2.27. The van der Waals surface area contributed by atoms with Gasteiger partial charge in [0.05, 0.1) is 16.4 Å². The Labute approximate surface area is 155 Å². The van der Waals surface area contributed by atoms with Gasteiger partial charge in [0.15, 0.2) is 5.65 Å². The van der Waals surface area contributed by atoms with E-state index < -0.39 is 0 Å². The molecule has 0 aliphatic heterocycles. The largest absolute Gasteiger partial charge is 0.507 e. The van der Waals surface area contributed by atoms with Gasteiger partial charge in [-0.3, -0.25) is 0 Å². The molecule has 0 bridgehead atoms. The van der Waals surface area contributed by atoms with Crippen LogP contribution in [0.2, 0.25) is 0 Å². The predicted octanol–water partition coefficient (Wildman–Crippen LogP) is 3.69. The Balaban J connectivity index is 1.94. The molecule has 0 amide bonds. The molecule has 0 atom stereocenters. The maximum Gasteiger partial charge on any atom is 0.172 e. The monoisotopic (exact) mass is 403 g/mol. The second-order valence-corrected chi connectivity index (χ2v) is 6.69. The lowest BCUT2D eigenvalue weighted by atomic mass is 10.1. The minimum absolute atomic E-state index is 0.223. The topological polar surface area (TPSA) is 74.5 Å². The Morgan fingerprint density at radius 3 is 2.88 bits per heavy atom. The predicted molar refractivity (Wildman–Crippen MR) is 105 cm³/mol. The fraction of sp³-hybridized carbons (Fsp3) is 0.333. The summed E-state index contributed by atoms with van der Waals surface area (Å²) in [5, 5.41) is 21.3. The van der Waals surface area contributed by atoms with Crippen LogP contribution in [-0.2, 0) is 0 Å². The number of hydrogen-bond acceptors (Lipinski definition) is 5. The summed E-state index contributed by atoms with van der Waals surface area (Å²) in [7, 11) is 1.96. The summed E-state index contributed by atoms with van der Waals surface area (Å²) < 4.78 is 2.60. The van der Waals surface area contributed by atoms with Crippen LogP contribution in [0.3, 0.4) is 0 Å². The molecule has 0 fully saturated rings. The van der Waals surface area contributed by atoms with E-state index in [1.54, 1.807) is 16.8 Å². The number of halogens is 1. The van der Waals surface area contributed by atoms with Gasteiger partial charge in [0.1, 0.15) is 11.6 Å². The van der Waals surface area contributed by atoms with Crippen LogP contribution in [0.1, 0.15) is 25.0 Å². The first-order chi connectivity index (χ1) is 12.2. The number of fused-ring (bicyclic) bond motifs is 1. The number of unbranched alkanes of at least 4 members (excludes halogenated alkanes) is 1. The first-order valence-corrected chi connectivity index (χ1v) is 9.19. The van der Waals surface area contributed by atoms with E-state index in [0.29, 0.717) is 11.3 Å².